The van der Waals surface area contributed by atoms with Gasteiger partial charge in [0.15, 0.2) is 17.5 Å². The fourth-order valence-electron chi connectivity index (χ4n) is 6.54. The van der Waals surface area contributed by atoms with E-state index in [1.807, 2.05) is 72.8 Å². The maximum atomic E-state index is 6.81. The number of benzene rings is 5. The molecule has 44 heavy (non-hydrogen) atoms. The van der Waals surface area contributed by atoms with Crippen LogP contribution in [0.5, 0.6) is 0 Å². The highest BCUT2D eigenvalue weighted by Crippen LogP contribution is 2.59. The molecule has 0 aliphatic heterocycles. The zero-order valence-electron chi connectivity index (χ0n) is 24.5. The second kappa shape index (κ2) is 10.3. The van der Waals surface area contributed by atoms with Crippen molar-refractivity contribution >= 4 is 0 Å². The number of hydrogen-bond acceptors (Lipinski definition) is 4. The molecule has 210 valence electrons. The van der Waals surface area contributed by atoms with E-state index in [0.29, 0.717) is 17.5 Å². The smallest absolute Gasteiger partial charge is 0.164 e. The Labute approximate surface area is 256 Å². The van der Waals surface area contributed by atoms with Crippen LogP contribution in [0.4, 0.5) is 0 Å². The largest absolute Gasteiger partial charge is 0.455 e. The number of furan rings is 1. The van der Waals surface area contributed by atoms with Crippen LogP contribution in [0.1, 0.15) is 25.0 Å². The van der Waals surface area contributed by atoms with Crippen LogP contribution in [0.15, 0.2) is 144 Å². The lowest BCUT2D eigenvalue weighted by molar-refractivity contribution is 0.575. The fraction of sp³-hybridized carbons (Fsp3) is 0.0750. The molecule has 0 amide bonds. The van der Waals surface area contributed by atoms with Crippen LogP contribution in [-0.4, -0.2) is 15.0 Å². The molecule has 4 heteroatoms. The van der Waals surface area contributed by atoms with E-state index in [0.717, 1.165) is 50.5 Å². The van der Waals surface area contributed by atoms with Crippen molar-refractivity contribution in [2.75, 3.05) is 0 Å². The van der Waals surface area contributed by atoms with Gasteiger partial charge in [-0.2, -0.15) is 0 Å². The summed E-state index contributed by atoms with van der Waals surface area (Å²) < 4.78 is 6.81. The summed E-state index contributed by atoms with van der Waals surface area (Å²) in [5.74, 6) is 3.75. The molecule has 0 radical (unpaired) electrons. The Bertz CT molecular complexity index is 2060. The van der Waals surface area contributed by atoms with Crippen molar-refractivity contribution in [3.63, 3.8) is 0 Å². The summed E-state index contributed by atoms with van der Waals surface area (Å²) in [5, 5.41) is 0. The van der Waals surface area contributed by atoms with Gasteiger partial charge in [-0.15, -0.1) is 0 Å². The molecule has 0 unspecified atom stereocenters. The molecule has 2 heterocycles. The molecule has 8 rings (SSSR count). The van der Waals surface area contributed by atoms with Gasteiger partial charge in [-0.25, -0.2) is 15.0 Å². The zero-order valence-corrected chi connectivity index (χ0v) is 24.5. The van der Waals surface area contributed by atoms with Gasteiger partial charge in [0.25, 0.3) is 0 Å². The van der Waals surface area contributed by atoms with E-state index in [1.165, 1.54) is 11.1 Å². The number of hydrogen-bond donors (Lipinski definition) is 0. The molecule has 0 saturated carbocycles. The Morgan fingerprint density at radius 3 is 1.36 bits per heavy atom. The van der Waals surface area contributed by atoms with Crippen LogP contribution in [0, 0.1) is 0 Å². The Morgan fingerprint density at radius 1 is 0.409 bits per heavy atom. The minimum absolute atomic E-state index is 0.393. The molecule has 1 aliphatic carbocycles. The van der Waals surface area contributed by atoms with Crippen molar-refractivity contribution in [1.82, 2.24) is 15.0 Å². The first kappa shape index (κ1) is 26.1. The Morgan fingerprint density at radius 2 is 0.841 bits per heavy atom. The minimum atomic E-state index is -0.393. The Balaban J connectivity index is 1.40. The molecule has 5 aromatic carbocycles. The van der Waals surface area contributed by atoms with E-state index < -0.39 is 5.41 Å². The number of fused-ring (bicyclic) bond motifs is 3. The predicted octanol–water partition coefficient (Wildman–Crippen LogP) is 10.1. The van der Waals surface area contributed by atoms with Gasteiger partial charge < -0.3 is 4.42 Å². The number of aromatic nitrogens is 3. The van der Waals surface area contributed by atoms with Crippen molar-refractivity contribution in [3.8, 4) is 67.9 Å². The summed E-state index contributed by atoms with van der Waals surface area (Å²) in [6.07, 6.45) is 0. The third kappa shape index (κ3) is 4.18. The summed E-state index contributed by atoms with van der Waals surface area (Å²) in [6, 6.07) is 47.5. The molecule has 1 aliphatic rings. The minimum Gasteiger partial charge on any atom is -0.455 e. The van der Waals surface area contributed by atoms with Gasteiger partial charge in [-0.3, -0.25) is 0 Å². The first-order chi connectivity index (χ1) is 21.6. The maximum Gasteiger partial charge on any atom is 0.164 e. The SMILES string of the molecule is CC1(C)c2c(-c3nc(-c4ccccc4)nc(-c4ccccc4)n3)cccc2-c2c(-c3ccccc3)oc(-c3ccccc3)c21. The van der Waals surface area contributed by atoms with Crippen LogP contribution in [0.3, 0.4) is 0 Å². The van der Waals surface area contributed by atoms with Crippen LogP contribution < -0.4 is 0 Å². The lowest BCUT2D eigenvalue weighted by Crippen LogP contribution is -2.17. The van der Waals surface area contributed by atoms with Crippen molar-refractivity contribution < 1.29 is 4.42 Å². The molecule has 4 nitrogen and oxygen atoms in total. The number of rotatable bonds is 5. The van der Waals surface area contributed by atoms with Crippen molar-refractivity contribution in [3.05, 3.63) is 151 Å². The van der Waals surface area contributed by atoms with Crippen molar-refractivity contribution in [1.29, 1.82) is 0 Å². The highest BCUT2D eigenvalue weighted by molar-refractivity contribution is 5.97. The van der Waals surface area contributed by atoms with Gasteiger partial charge in [-0.05, 0) is 11.1 Å². The summed E-state index contributed by atoms with van der Waals surface area (Å²) in [6.45, 7) is 4.57. The standard InChI is InChI=1S/C40H29N3O/c1-40(2)33-30(32-34(40)36(27-18-9-4-10-19-27)44-35(32)26-16-7-3-8-17-26)24-15-25-31(33)39-42-37(28-20-11-5-12-21-28)41-38(43-39)29-22-13-6-14-23-29/h3-25H,1-2H3. The molecule has 0 N–H and O–H groups in total. The summed E-state index contributed by atoms with van der Waals surface area (Å²) >= 11 is 0. The van der Waals surface area contributed by atoms with Gasteiger partial charge in [-0.1, -0.05) is 153 Å². The maximum absolute atomic E-state index is 6.81. The summed E-state index contributed by atoms with van der Waals surface area (Å²) in [4.78, 5) is 15.1. The van der Waals surface area contributed by atoms with Crippen molar-refractivity contribution in [2.45, 2.75) is 19.3 Å². The molecule has 0 spiro atoms. The third-order valence-electron chi connectivity index (χ3n) is 8.50. The predicted molar refractivity (Wildman–Crippen MR) is 177 cm³/mol. The summed E-state index contributed by atoms with van der Waals surface area (Å²) in [7, 11) is 0. The first-order valence-electron chi connectivity index (χ1n) is 14.9. The van der Waals surface area contributed by atoms with Crippen LogP contribution in [0.2, 0.25) is 0 Å². The van der Waals surface area contributed by atoms with E-state index in [1.54, 1.807) is 0 Å². The second-order valence-corrected chi connectivity index (χ2v) is 11.6. The molecule has 2 aromatic heterocycles. The van der Waals surface area contributed by atoms with Crippen LogP contribution >= 0.6 is 0 Å². The monoisotopic (exact) mass is 567 g/mol. The average molecular weight is 568 g/mol. The van der Waals surface area contributed by atoms with E-state index in [-0.39, 0.29) is 0 Å². The van der Waals surface area contributed by atoms with Gasteiger partial charge in [0.05, 0.1) is 0 Å². The summed E-state index contributed by atoms with van der Waals surface area (Å²) in [5.41, 5.74) is 9.29. The van der Waals surface area contributed by atoms with E-state index >= 15 is 0 Å². The van der Waals surface area contributed by atoms with Gasteiger partial charge in [0.2, 0.25) is 0 Å². The quantitative estimate of drug-likeness (QED) is 0.208. The van der Waals surface area contributed by atoms with Gasteiger partial charge in [0.1, 0.15) is 11.5 Å². The highest BCUT2D eigenvalue weighted by Gasteiger charge is 2.44. The normalized spacial score (nSPS) is 13.0. The molecular weight excluding hydrogens is 538 g/mol. The van der Waals surface area contributed by atoms with Crippen molar-refractivity contribution in [2.24, 2.45) is 0 Å². The fourth-order valence-corrected chi connectivity index (χ4v) is 6.54. The lowest BCUT2D eigenvalue weighted by Gasteiger charge is -2.24. The number of nitrogens with zero attached hydrogens (tertiary/aromatic N) is 3. The molecule has 0 atom stereocenters. The molecule has 0 fully saturated rings. The lowest BCUT2D eigenvalue weighted by atomic mass is 9.79. The highest BCUT2D eigenvalue weighted by atomic mass is 16.3. The van der Waals surface area contributed by atoms with E-state index in [2.05, 4.69) is 80.6 Å². The van der Waals surface area contributed by atoms with Crippen LogP contribution in [-0.2, 0) is 5.41 Å². The second-order valence-electron chi connectivity index (χ2n) is 11.6. The Kier molecular flexibility index (Phi) is 6.09. The molecule has 0 saturated heterocycles. The molecule has 0 bridgehead atoms. The third-order valence-corrected chi connectivity index (χ3v) is 8.50. The zero-order chi connectivity index (χ0) is 29.7. The van der Waals surface area contributed by atoms with Crippen LogP contribution in [0.25, 0.3) is 67.9 Å². The molecular formula is C40H29N3O. The van der Waals surface area contributed by atoms with E-state index in [4.69, 9.17) is 19.4 Å². The topological polar surface area (TPSA) is 51.8 Å². The van der Waals surface area contributed by atoms with E-state index in [9.17, 15) is 0 Å². The molecule has 7 aromatic rings. The van der Waals surface area contributed by atoms with Gasteiger partial charge in [0, 0.05) is 44.4 Å². The van der Waals surface area contributed by atoms with Gasteiger partial charge >= 0.3 is 0 Å². The first-order valence-corrected chi connectivity index (χ1v) is 14.9. The average Bonchev–Trinajstić information content (AvgIpc) is 3.61. The Hall–Kier alpha value is -5.61.